The maximum atomic E-state index is 4.56. The molecule has 2 rings (SSSR count). The molecule has 2 heterocycles. The van der Waals surface area contributed by atoms with Gasteiger partial charge in [-0.1, -0.05) is 6.92 Å². The van der Waals surface area contributed by atoms with E-state index < -0.39 is 0 Å². The number of aromatic nitrogens is 3. The monoisotopic (exact) mass is 336 g/mol. The van der Waals surface area contributed by atoms with Crippen LogP contribution in [0.1, 0.15) is 35.5 Å². The summed E-state index contributed by atoms with van der Waals surface area (Å²) in [4.78, 5) is 4.25. The van der Waals surface area contributed by atoms with Gasteiger partial charge in [-0.3, -0.25) is 9.67 Å². The van der Waals surface area contributed by atoms with Gasteiger partial charge in [0.05, 0.1) is 15.9 Å². The molecule has 0 aliphatic carbocycles. The summed E-state index contributed by atoms with van der Waals surface area (Å²) in [6, 6.07) is 2.29. The van der Waals surface area contributed by atoms with E-state index in [4.69, 9.17) is 0 Å². The van der Waals surface area contributed by atoms with E-state index in [0.717, 1.165) is 23.0 Å². The first-order chi connectivity index (χ1) is 9.58. The largest absolute Gasteiger partial charge is 0.313 e. The van der Waals surface area contributed by atoms with Crippen LogP contribution in [-0.4, -0.2) is 21.8 Å². The van der Waals surface area contributed by atoms with Crippen molar-refractivity contribution < 1.29 is 0 Å². The van der Waals surface area contributed by atoms with Gasteiger partial charge in [-0.2, -0.15) is 5.10 Å². The third kappa shape index (κ3) is 2.94. The Bertz CT molecular complexity index is 592. The lowest BCUT2D eigenvalue weighted by atomic mass is 9.99. The van der Waals surface area contributed by atoms with Crippen LogP contribution in [0.15, 0.2) is 22.9 Å². The molecule has 2 aromatic heterocycles. The quantitative estimate of drug-likeness (QED) is 0.912. The van der Waals surface area contributed by atoms with Gasteiger partial charge in [0.1, 0.15) is 0 Å². The van der Waals surface area contributed by atoms with Gasteiger partial charge in [-0.15, -0.1) is 0 Å². The Hall–Kier alpha value is -1.20. The van der Waals surface area contributed by atoms with Crippen LogP contribution in [0, 0.1) is 6.92 Å². The van der Waals surface area contributed by atoms with Crippen LogP contribution in [0.5, 0.6) is 0 Å². The molecule has 0 aromatic carbocycles. The second-order valence-corrected chi connectivity index (χ2v) is 5.76. The minimum Gasteiger partial charge on any atom is -0.313 e. The lowest BCUT2D eigenvalue weighted by Crippen LogP contribution is -2.21. The first-order valence-electron chi connectivity index (χ1n) is 6.86. The minimum atomic E-state index is 0.236. The van der Waals surface area contributed by atoms with E-state index >= 15 is 0 Å². The minimum absolute atomic E-state index is 0.236. The zero-order chi connectivity index (χ0) is 14.7. The van der Waals surface area contributed by atoms with E-state index in [2.05, 4.69) is 51.2 Å². The summed E-state index contributed by atoms with van der Waals surface area (Å²) in [6.07, 6.45) is 5.60. The Balaban J connectivity index is 2.32. The molecule has 0 spiro atoms. The van der Waals surface area contributed by atoms with Crippen molar-refractivity contribution in [3.8, 4) is 0 Å². The molecule has 2 aromatic rings. The average molecular weight is 337 g/mol. The molecule has 4 nitrogen and oxygen atoms in total. The van der Waals surface area contributed by atoms with E-state index in [1.165, 1.54) is 16.8 Å². The van der Waals surface area contributed by atoms with Crippen molar-refractivity contribution in [1.82, 2.24) is 20.1 Å². The van der Waals surface area contributed by atoms with Crippen LogP contribution in [0.4, 0.5) is 0 Å². The second kappa shape index (κ2) is 6.50. The zero-order valence-electron chi connectivity index (χ0n) is 12.4. The van der Waals surface area contributed by atoms with Gasteiger partial charge < -0.3 is 5.32 Å². The van der Waals surface area contributed by atoms with Crippen molar-refractivity contribution in [2.24, 2.45) is 7.05 Å². The molecule has 5 heteroatoms. The highest BCUT2D eigenvalue weighted by Crippen LogP contribution is 2.27. The smallest absolute Gasteiger partial charge is 0.0766 e. The van der Waals surface area contributed by atoms with Crippen molar-refractivity contribution in [2.75, 3.05) is 7.05 Å². The highest BCUT2D eigenvalue weighted by Gasteiger charge is 2.19. The SMILES string of the molecule is CCc1nn(C)c(CC(NC)c2cnccc2C)c1Br. The summed E-state index contributed by atoms with van der Waals surface area (Å²) >= 11 is 3.68. The summed E-state index contributed by atoms with van der Waals surface area (Å²) in [5, 5.41) is 7.95. The van der Waals surface area contributed by atoms with Crippen molar-refractivity contribution >= 4 is 15.9 Å². The van der Waals surface area contributed by atoms with Crippen molar-refractivity contribution in [3.63, 3.8) is 0 Å². The molecule has 0 bridgehead atoms. The Kier molecular flexibility index (Phi) is 4.94. The lowest BCUT2D eigenvalue weighted by molar-refractivity contribution is 0.556. The van der Waals surface area contributed by atoms with Crippen LogP contribution >= 0.6 is 15.9 Å². The predicted octanol–water partition coefficient (Wildman–Crippen LogP) is 2.95. The number of hydrogen-bond donors (Lipinski definition) is 1. The Labute approximate surface area is 128 Å². The van der Waals surface area contributed by atoms with Crippen LogP contribution in [0.3, 0.4) is 0 Å². The number of aryl methyl sites for hydroxylation is 3. The number of likely N-dealkylation sites (N-methyl/N-ethyl adjacent to an activating group) is 1. The lowest BCUT2D eigenvalue weighted by Gasteiger charge is -2.18. The normalized spacial score (nSPS) is 12.7. The highest BCUT2D eigenvalue weighted by molar-refractivity contribution is 9.10. The van der Waals surface area contributed by atoms with Crippen LogP contribution in [0.2, 0.25) is 0 Å². The standard InChI is InChI=1S/C15H21BrN4/c1-5-12-15(16)14(20(4)19-12)8-13(17-3)11-9-18-7-6-10(11)2/h6-7,9,13,17H,5,8H2,1-4H3. The number of halogens is 1. The van der Waals surface area contributed by atoms with Gasteiger partial charge in [0.15, 0.2) is 0 Å². The van der Waals surface area contributed by atoms with Crippen LogP contribution in [0.25, 0.3) is 0 Å². The fourth-order valence-corrected chi connectivity index (χ4v) is 3.22. The first kappa shape index (κ1) is 15.2. The Morgan fingerprint density at radius 1 is 1.45 bits per heavy atom. The van der Waals surface area contributed by atoms with E-state index in [-0.39, 0.29) is 6.04 Å². The number of pyridine rings is 1. The highest BCUT2D eigenvalue weighted by atomic mass is 79.9. The summed E-state index contributed by atoms with van der Waals surface area (Å²) < 4.78 is 3.10. The van der Waals surface area contributed by atoms with Crippen molar-refractivity contribution in [3.05, 3.63) is 45.4 Å². The molecule has 0 radical (unpaired) electrons. The van der Waals surface area contributed by atoms with E-state index in [0.29, 0.717) is 0 Å². The molecule has 20 heavy (non-hydrogen) atoms. The molecule has 1 unspecified atom stereocenters. The molecule has 1 N–H and O–H groups in total. The molecule has 0 saturated carbocycles. The number of nitrogens with one attached hydrogen (secondary N) is 1. The Morgan fingerprint density at radius 3 is 2.75 bits per heavy atom. The van der Waals surface area contributed by atoms with Gasteiger partial charge in [0, 0.05) is 31.9 Å². The molecule has 0 saturated heterocycles. The summed E-state index contributed by atoms with van der Waals surface area (Å²) in [6.45, 7) is 4.24. The zero-order valence-corrected chi connectivity index (χ0v) is 14.0. The van der Waals surface area contributed by atoms with Gasteiger partial charge in [0.2, 0.25) is 0 Å². The average Bonchev–Trinajstić information content (AvgIpc) is 2.72. The molecule has 0 amide bonds. The molecule has 1 atom stereocenters. The third-order valence-corrected chi connectivity index (χ3v) is 4.62. The fraction of sp³-hybridized carbons (Fsp3) is 0.467. The molecule has 0 aliphatic heterocycles. The Morgan fingerprint density at radius 2 is 2.20 bits per heavy atom. The number of nitrogens with zero attached hydrogens (tertiary/aromatic N) is 3. The number of rotatable bonds is 5. The van der Waals surface area contributed by atoms with Gasteiger partial charge in [0.25, 0.3) is 0 Å². The van der Waals surface area contributed by atoms with E-state index in [1.54, 1.807) is 0 Å². The predicted molar refractivity (Wildman–Crippen MR) is 84.8 cm³/mol. The molecule has 108 valence electrons. The topological polar surface area (TPSA) is 42.7 Å². The summed E-state index contributed by atoms with van der Waals surface area (Å²) in [5.74, 6) is 0. The number of hydrogen-bond acceptors (Lipinski definition) is 3. The summed E-state index contributed by atoms with van der Waals surface area (Å²) in [5.41, 5.74) is 4.82. The van der Waals surface area contributed by atoms with Gasteiger partial charge in [-0.25, -0.2) is 0 Å². The van der Waals surface area contributed by atoms with Gasteiger partial charge >= 0.3 is 0 Å². The maximum absolute atomic E-state index is 4.56. The molecular weight excluding hydrogens is 316 g/mol. The fourth-order valence-electron chi connectivity index (χ4n) is 2.44. The molecular formula is C15H21BrN4. The van der Waals surface area contributed by atoms with Crippen LogP contribution < -0.4 is 5.32 Å². The van der Waals surface area contributed by atoms with Gasteiger partial charge in [-0.05, 0) is 53.5 Å². The van der Waals surface area contributed by atoms with Crippen molar-refractivity contribution in [1.29, 1.82) is 0 Å². The second-order valence-electron chi connectivity index (χ2n) is 4.96. The maximum Gasteiger partial charge on any atom is 0.0766 e. The molecule has 0 fully saturated rings. The summed E-state index contributed by atoms with van der Waals surface area (Å²) in [7, 11) is 3.99. The third-order valence-electron chi connectivity index (χ3n) is 3.70. The first-order valence-corrected chi connectivity index (χ1v) is 7.65. The molecule has 0 aliphatic rings. The van der Waals surface area contributed by atoms with Crippen LogP contribution in [-0.2, 0) is 19.9 Å². The van der Waals surface area contributed by atoms with Crippen molar-refractivity contribution in [2.45, 2.75) is 32.7 Å². The van der Waals surface area contributed by atoms with E-state index in [9.17, 15) is 0 Å². The van der Waals surface area contributed by atoms with E-state index in [1.807, 2.05) is 31.2 Å².